The molecule has 0 saturated carbocycles. The molecule has 2 N–H and O–H groups in total. The lowest BCUT2D eigenvalue weighted by molar-refractivity contribution is 0.586. The second kappa shape index (κ2) is 4.71. The monoisotopic (exact) mass is 233 g/mol. The van der Waals surface area contributed by atoms with Gasteiger partial charge in [0, 0.05) is 19.8 Å². The van der Waals surface area contributed by atoms with Crippen molar-refractivity contribution in [1.29, 1.82) is 0 Å². The van der Waals surface area contributed by atoms with Crippen molar-refractivity contribution in [3.63, 3.8) is 0 Å². The first-order chi connectivity index (χ1) is 8.15. The first-order valence-corrected chi connectivity index (χ1v) is 5.97. The zero-order valence-corrected chi connectivity index (χ0v) is 10.6. The maximum atomic E-state index is 6.24. The highest BCUT2D eigenvalue weighted by Gasteiger charge is 2.17. The van der Waals surface area contributed by atoms with E-state index in [0.717, 1.165) is 30.0 Å². The van der Waals surface area contributed by atoms with Crippen LogP contribution in [0.5, 0.6) is 0 Å². The fourth-order valence-corrected chi connectivity index (χ4v) is 1.91. The van der Waals surface area contributed by atoms with Crippen LogP contribution in [0.15, 0.2) is 18.3 Å². The van der Waals surface area contributed by atoms with Gasteiger partial charge in [0.2, 0.25) is 0 Å². The summed E-state index contributed by atoms with van der Waals surface area (Å²) >= 11 is 0. The predicted molar refractivity (Wildman–Crippen MR) is 66.5 cm³/mol. The average molecular weight is 233 g/mol. The molecule has 5 nitrogen and oxygen atoms in total. The quantitative estimate of drug-likeness (QED) is 0.864. The number of rotatable bonds is 4. The average Bonchev–Trinajstić information content (AvgIpc) is 2.93. The highest BCUT2D eigenvalue weighted by Crippen LogP contribution is 2.19. The summed E-state index contributed by atoms with van der Waals surface area (Å²) in [7, 11) is 1.89. The molecule has 0 radical (unpaired) electrons. The molecule has 0 aliphatic heterocycles. The Morgan fingerprint density at radius 3 is 2.65 bits per heavy atom. The van der Waals surface area contributed by atoms with Crippen molar-refractivity contribution in [2.75, 3.05) is 0 Å². The second-order valence-corrected chi connectivity index (χ2v) is 4.12. The summed E-state index contributed by atoms with van der Waals surface area (Å²) in [5.74, 6) is 0. The number of nitrogens with two attached hydrogens (primary N) is 1. The van der Waals surface area contributed by atoms with Crippen LogP contribution in [0.1, 0.15) is 37.0 Å². The van der Waals surface area contributed by atoms with Crippen molar-refractivity contribution < 1.29 is 0 Å². The summed E-state index contributed by atoms with van der Waals surface area (Å²) < 4.78 is 3.72. The third kappa shape index (κ3) is 2.24. The van der Waals surface area contributed by atoms with E-state index >= 15 is 0 Å². The molecule has 2 rings (SSSR count). The predicted octanol–water partition coefficient (Wildman–Crippen LogP) is 1.25. The van der Waals surface area contributed by atoms with Crippen LogP contribution in [0.2, 0.25) is 0 Å². The Labute approximate surface area is 101 Å². The molecule has 1 unspecified atom stereocenters. The van der Waals surface area contributed by atoms with Gasteiger partial charge in [0.15, 0.2) is 0 Å². The van der Waals surface area contributed by atoms with Crippen molar-refractivity contribution in [1.82, 2.24) is 19.6 Å². The summed E-state index contributed by atoms with van der Waals surface area (Å²) in [5.41, 5.74) is 9.22. The molecule has 2 aromatic heterocycles. The van der Waals surface area contributed by atoms with Crippen LogP contribution >= 0.6 is 0 Å². The van der Waals surface area contributed by atoms with Crippen molar-refractivity contribution in [2.45, 2.75) is 32.9 Å². The van der Waals surface area contributed by atoms with Crippen LogP contribution < -0.4 is 5.73 Å². The SMILES string of the molecule is CCc1cc(C(N)c2ccn(C)n2)n(CC)n1. The molecule has 2 heterocycles. The van der Waals surface area contributed by atoms with Gasteiger partial charge < -0.3 is 5.73 Å². The molecule has 1 atom stereocenters. The lowest BCUT2D eigenvalue weighted by Crippen LogP contribution is -2.17. The summed E-state index contributed by atoms with van der Waals surface area (Å²) in [6.07, 6.45) is 2.83. The number of aromatic nitrogens is 4. The number of hydrogen-bond acceptors (Lipinski definition) is 3. The Morgan fingerprint density at radius 2 is 2.12 bits per heavy atom. The second-order valence-electron chi connectivity index (χ2n) is 4.12. The van der Waals surface area contributed by atoms with Crippen molar-refractivity contribution in [3.05, 3.63) is 35.4 Å². The third-order valence-corrected chi connectivity index (χ3v) is 2.89. The minimum Gasteiger partial charge on any atom is -0.318 e. The van der Waals surface area contributed by atoms with E-state index in [1.807, 2.05) is 24.0 Å². The molecule has 0 aliphatic rings. The van der Waals surface area contributed by atoms with Gasteiger partial charge in [-0.05, 0) is 25.5 Å². The fraction of sp³-hybridized carbons (Fsp3) is 0.500. The van der Waals surface area contributed by atoms with Gasteiger partial charge in [-0.3, -0.25) is 9.36 Å². The van der Waals surface area contributed by atoms with E-state index in [4.69, 9.17) is 5.73 Å². The first-order valence-electron chi connectivity index (χ1n) is 5.97. The van der Waals surface area contributed by atoms with Gasteiger partial charge in [0.1, 0.15) is 0 Å². The lowest BCUT2D eigenvalue weighted by atomic mass is 10.1. The Balaban J connectivity index is 2.35. The highest BCUT2D eigenvalue weighted by atomic mass is 15.3. The van der Waals surface area contributed by atoms with Crippen LogP contribution in [0.4, 0.5) is 0 Å². The van der Waals surface area contributed by atoms with Gasteiger partial charge in [-0.1, -0.05) is 6.92 Å². The molecule has 5 heteroatoms. The van der Waals surface area contributed by atoms with Crippen LogP contribution in [0, 0.1) is 0 Å². The molecule has 17 heavy (non-hydrogen) atoms. The Morgan fingerprint density at radius 1 is 1.35 bits per heavy atom. The molecule has 0 amide bonds. The summed E-state index contributed by atoms with van der Waals surface area (Å²) in [4.78, 5) is 0. The zero-order chi connectivity index (χ0) is 12.4. The van der Waals surface area contributed by atoms with Gasteiger partial charge in [-0.25, -0.2) is 0 Å². The standard InChI is InChI=1S/C12H19N5/c1-4-9-8-11(17(5-2)14-9)12(13)10-6-7-16(3)15-10/h6-8,12H,4-5,13H2,1-3H3. The minimum atomic E-state index is -0.205. The smallest absolute Gasteiger partial charge is 0.0915 e. The summed E-state index contributed by atoms with van der Waals surface area (Å²) in [5, 5.41) is 8.85. The normalized spacial score (nSPS) is 12.9. The Kier molecular flexibility index (Phi) is 3.28. The van der Waals surface area contributed by atoms with Crippen molar-refractivity contribution >= 4 is 0 Å². The maximum absolute atomic E-state index is 6.24. The van der Waals surface area contributed by atoms with Crippen molar-refractivity contribution in [2.24, 2.45) is 12.8 Å². The van der Waals surface area contributed by atoms with E-state index in [2.05, 4.69) is 30.1 Å². The van der Waals surface area contributed by atoms with Crippen LogP contribution in [-0.2, 0) is 20.0 Å². The summed E-state index contributed by atoms with van der Waals surface area (Å²) in [6, 6.07) is 3.82. The number of hydrogen-bond donors (Lipinski definition) is 1. The van der Waals surface area contributed by atoms with Crippen molar-refractivity contribution in [3.8, 4) is 0 Å². The maximum Gasteiger partial charge on any atom is 0.0915 e. The van der Waals surface area contributed by atoms with Gasteiger partial charge in [-0.15, -0.1) is 0 Å². The molecule has 0 bridgehead atoms. The van der Waals surface area contributed by atoms with Gasteiger partial charge in [-0.2, -0.15) is 10.2 Å². The zero-order valence-electron chi connectivity index (χ0n) is 10.6. The fourth-order valence-electron chi connectivity index (χ4n) is 1.91. The Hall–Kier alpha value is -1.62. The van der Waals surface area contributed by atoms with Crippen LogP contribution in [-0.4, -0.2) is 19.6 Å². The highest BCUT2D eigenvalue weighted by molar-refractivity contribution is 5.23. The largest absolute Gasteiger partial charge is 0.318 e. The molecule has 92 valence electrons. The first kappa shape index (κ1) is 11.9. The topological polar surface area (TPSA) is 61.7 Å². The van der Waals surface area contributed by atoms with E-state index in [0.29, 0.717) is 0 Å². The molecular formula is C12H19N5. The lowest BCUT2D eigenvalue weighted by Gasteiger charge is -2.10. The molecule has 0 spiro atoms. The molecule has 2 aromatic rings. The van der Waals surface area contributed by atoms with E-state index < -0.39 is 0 Å². The Bertz CT molecular complexity index is 497. The molecule has 0 saturated heterocycles. The van der Waals surface area contributed by atoms with E-state index in [-0.39, 0.29) is 6.04 Å². The molecular weight excluding hydrogens is 214 g/mol. The van der Waals surface area contributed by atoms with E-state index in [9.17, 15) is 0 Å². The van der Waals surface area contributed by atoms with Gasteiger partial charge >= 0.3 is 0 Å². The van der Waals surface area contributed by atoms with Crippen LogP contribution in [0.25, 0.3) is 0 Å². The van der Waals surface area contributed by atoms with Gasteiger partial charge in [0.05, 0.1) is 23.1 Å². The minimum absolute atomic E-state index is 0.205. The molecule has 0 fully saturated rings. The summed E-state index contributed by atoms with van der Waals surface area (Å²) in [6.45, 7) is 5.00. The van der Waals surface area contributed by atoms with E-state index in [1.54, 1.807) is 4.68 Å². The van der Waals surface area contributed by atoms with Crippen LogP contribution in [0.3, 0.4) is 0 Å². The number of aryl methyl sites for hydroxylation is 3. The molecule has 0 aliphatic carbocycles. The number of nitrogens with zero attached hydrogens (tertiary/aromatic N) is 4. The van der Waals surface area contributed by atoms with Gasteiger partial charge in [0.25, 0.3) is 0 Å². The molecule has 0 aromatic carbocycles. The van der Waals surface area contributed by atoms with E-state index in [1.165, 1.54) is 0 Å². The third-order valence-electron chi connectivity index (χ3n) is 2.89.